The predicted octanol–water partition coefficient (Wildman–Crippen LogP) is 4.33. The normalized spacial score (nSPS) is 16.4. The zero-order valence-corrected chi connectivity index (χ0v) is 19.4. The molecule has 0 aromatic carbocycles. The molecule has 1 aliphatic heterocycles. The zero-order chi connectivity index (χ0) is 22.9. The van der Waals surface area contributed by atoms with Gasteiger partial charge in [0.1, 0.15) is 22.3 Å². The van der Waals surface area contributed by atoms with Crippen LogP contribution in [0.15, 0.2) is 35.1 Å². The highest BCUT2D eigenvalue weighted by Gasteiger charge is 2.32. The number of pyridine rings is 1. The molecule has 0 radical (unpaired) electrons. The lowest BCUT2D eigenvalue weighted by Crippen LogP contribution is -2.42. The van der Waals surface area contributed by atoms with Gasteiger partial charge in [-0.2, -0.15) is 4.98 Å². The molecule has 0 spiro atoms. The Labute approximate surface area is 191 Å². The number of hydrogen-bond donors (Lipinski definition) is 1. The minimum Gasteiger partial charge on any atom is -0.467 e. The van der Waals surface area contributed by atoms with Crippen molar-refractivity contribution in [3.05, 3.63) is 41.6 Å². The summed E-state index contributed by atoms with van der Waals surface area (Å²) in [6.07, 6.45) is 3.74. The first-order chi connectivity index (χ1) is 15.2. The minimum atomic E-state index is -0.534. The highest BCUT2D eigenvalue weighted by Crippen LogP contribution is 2.28. The van der Waals surface area contributed by atoms with Gasteiger partial charge in [-0.05, 0) is 45.4 Å². The van der Waals surface area contributed by atoms with Gasteiger partial charge in [-0.1, -0.05) is 11.6 Å². The van der Waals surface area contributed by atoms with Gasteiger partial charge in [0.05, 0.1) is 30.6 Å². The SMILES string of the molecule is CN(C(=O)OC(C)(C)C)C1CCN(c2nc(NCc3ccco3)c3cc(Cl)ncc3n2)C1. The molecule has 1 atom stereocenters. The molecule has 32 heavy (non-hydrogen) atoms. The lowest BCUT2D eigenvalue weighted by molar-refractivity contribution is 0.0238. The highest BCUT2D eigenvalue weighted by molar-refractivity contribution is 6.30. The molecule has 1 fully saturated rings. The van der Waals surface area contributed by atoms with E-state index < -0.39 is 5.60 Å². The summed E-state index contributed by atoms with van der Waals surface area (Å²) in [5.41, 5.74) is 0.152. The van der Waals surface area contributed by atoms with Gasteiger partial charge in [0.25, 0.3) is 0 Å². The number of carbonyl (C=O) groups is 1. The topological polar surface area (TPSA) is 96.6 Å². The number of aromatic nitrogens is 3. The van der Waals surface area contributed by atoms with Crippen LogP contribution in [0.3, 0.4) is 0 Å². The first-order valence-corrected chi connectivity index (χ1v) is 10.9. The molecular weight excluding hydrogens is 432 g/mol. The molecule has 1 aliphatic rings. The maximum absolute atomic E-state index is 12.5. The van der Waals surface area contributed by atoms with Crippen LogP contribution in [-0.4, -0.2) is 57.7 Å². The second-order valence-corrected chi connectivity index (χ2v) is 9.20. The number of fused-ring (bicyclic) bond motifs is 1. The van der Waals surface area contributed by atoms with E-state index in [0.29, 0.717) is 35.5 Å². The fourth-order valence-corrected chi connectivity index (χ4v) is 3.74. The molecule has 1 amide bonds. The van der Waals surface area contributed by atoms with Gasteiger partial charge >= 0.3 is 6.09 Å². The molecule has 1 saturated heterocycles. The average Bonchev–Trinajstić information content (AvgIpc) is 3.42. The first kappa shape index (κ1) is 22.1. The van der Waals surface area contributed by atoms with Gasteiger partial charge < -0.3 is 24.3 Å². The fraction of sp³-hybridized carbons (Fsp3) is 0.455. The van der Waals surface area contributed by atoms with E-state index in [9.17, 15) is 4.79 Å². The molecule has 0 saturated carbocycles. The summed E-state index contributed by atoms with van der Waals surface area (Å²) in [6.45, 7) is 7.39. The molecule has 3 aromatic heterocycles. The third-order valence-corrected chi connectivity index (χ3v) is 5.43. The van der Waals surface area contributed by atoms with Crippen molar-refractivity contribution in [1.29, 1.82) is 0 Å². The Bertz CT molecular complexity index is 1100. The minimum absolute atomic E-state index is 0.00650. The second kappa shape index (κ2) is 8.82. The van der Waals surface area contributed by atoms with Crippen LogP contribution in [0.5, 0.6) is 0 Å². The molecule has 9 nitrogen and oxygen atoms in total. The van der Waals surface area contributed by atoms with Crippen LogP contribution in [0.4, 0.5) is 16.6 Å². The van der Waals surface area contributed by atoms with E-state index >= 15 is 0 Å². The van der Waals surface area contributed by atoms with E-state index in [2.05, 4.69) is 15.2 Å². The largest absolute Gasteiger partial charge is 0.467 e. The van der Waals surface area contributed by atoms with Crippen LogP contribution < -0.4 is 10.2 Å². The van der Waals surface area contributed by atoms with Crippen molar-refractivity contribution in [2.75, 3.05) is 30.4 Å². The molecule has 0 bridgehead atoms. The third kappa shape index (κ3) is 5.04. The van der Waals surface area contributed by atoms with Crippen molar-refractivity contribution in [3.63, 3.8) is 0 Å². The van der Waals surface area contributed by atoms with E-state index in [4.69, 9.17) is 30.7 Å². The number of nitrogens with zero attached hydrogens (tertiary/aromatic N) is 5. The lowest BCUT2D eigenvalue weighted by Gasteiger charge is -2.28. The van der Waals surface area contributed by atoms with Crippen LogP contribution in [0.25, 0.3) is 10.9 Å². The van der Waals surface area contributed by atoms with Crippen molar-refractivity contribution in [2.24, 2.45) is 0 Å². The molecule has 1 N–H and O–H groups in total. The Hall–Kier alpha value is -3.07. The summed E-state index contributed by atoms with van der Waals surface area (Å²) in [5, 5.41) is 4.47. The molecular formula is C22H27ClN6O3. The Morgan fingerprint density at radius 2 is 2.22 bits per heavy atom. The Morgan fingerprint density at radius 1 is 1.41 bits per heavy atom. The second-order valence-electron chi connectivity index (χ2n) is 8.81. The monoisotopic (exact) mass is 458 g/mol. The molecule has 3 aromatic rings. The number of anilines is 2. The number of likely N-dealkylation sites (N-methyl/N-ethyl adjacent to an activating group) is 1. The van der Waals surface area contributed by atoms with E-state index in [1.54, 1.807) is 30.5 Å². The zero-order valence-electron chi connectivity index (χ0n) is 18.6. The van der Waals surface area contributed by atoms with Crippen molar-refractivity contribution < 1.29 is 13.9 Å². The van der Waals surface area contributed by atoms with E-state index in [0.717, 1.165) is 24.1 Å². The van der Waals surface area contributed by atoms with E-state index in [1.165, 1.54) is 0 Å². The summed E-state index contributed by atoms with van der Waals surface area (Å²) in [5.74, 6) is 2.01. The van der Waals surface area contributed by atoms with Gasteiger partial charge in [-0.15, -0.1) is 0 Å². The first-order valence-electron chi connectivity index (χ1n) is 10.5. The summed E-state index contributed by atoms with van der Waals surface area (Å²) in [7, 11) is 1.77. The van der Waals surface area contributed by atoms with Crippen LogP contribution in [-0.2, 0) is 11.3 Å². The Kier molecular flexibility index (Phi) is 6.10. The Balaban J connectivity index is 1.55. The number of furan rings is 1. The fourth-order valence-electron chi connectivity index (χ4n) is 3.58. The van der Waals surface area contributed by atoms with Crippen LogP contribution in [0, 0.1) is 0 Å². The van der Waals surface area contributed by atoms with Crippen LogP contribution in [0.1, 0.15) is 33.0 Å². The van der Waals surface area contributed by atoms with Crippen LogP contribution in [0.2, 0.25) is 5.15 Å². The number of hydrogen-bond acceptors (Lipinski definition) is 8. The molecule has 4 heterocycles. The van der Waals surface area contributed by atoms with Gasteiger partial charge in [0.2, 0.25) is 5.95 Å². The molecule has 4 rings (SSSR count). The van der Waals surface area contributed by atoms with Crippen molar-refractivity contribution in [2.45, 2.75) is 45.4 Å². The van der Waals surface area contributed by atoms with Gasteiger partial charge in [-0.25, -0.2) is 14.8 Å². The molecule has 10 heteroatoms. The maximum Gasteiger partial charge on any atom is 0.410 e. The van der Waals surface area contributed by atoms with E-state index in [1.807, 2.05) is 32.9 Å². The van der Waals surface area contributed by atoms with Crippen LogP contribution >= 0.6 is 11.6 Å². The summed E-state index contributed by atoms with van der Waals surface area (Å²) < 4.78 is 10.9. The summed E-state index contributed by atoms with van der Waals surface area (Å²) in [4.78, 5) is 29.8. The molecule has 1 unspecified atom stereocenters. The summed E-state index contributed by atoms with van der Waals surface area (Å²) >= 11 is 6.11. The quantitative estimate of drug-likeness (QED) is 0.564. The van der Waals surface area contributed by atoms with Gasteiger partial charge in [0, 0.05) is 25.5 Å². The number of rotatable bonds is 5. The maximum atomic E-state index is 12.5. The number of ether oxygens (including phenoxy) is 1. The predicted molar refractivity (Wildman–Crippen MR) is 123 cm³/mol. The van der Waals surface area contributed by atoms with Gasteiger partial charge in [0.15, 0.2) is 0 Å². The van der Waals surface area contributed by atoms with E-state index in [-0.39, 0.29) is 12.1 Å². The Morgan fingerprint density at radius 3 is 2.94 bits per heavy atom. The smallest absolute Gasteiger partial charge is 0.410 e. The standard InChI is InChI=1S/C22H27ClN6O3/c1-22(2,3)32-21(30)28(4)14-7-8-29(13-14)20-26-17-12-24-18(23)10-16(17)19(27-20)25-11-15-6-5-9-31-15/h5-6,9-10,12,14H,7-8,11,13H2,1-4H3,(H,25,26,27). The number of carbonyl (C=O) groups excluding carboxylic acids is 1. The van der Waals surface area contributed by atoms with Crippen molar-refractivity contribution in [3.8, 4) is 0 Å². The molecule has 170 valence electrons. The number of halogens is 1. The lowest BCUT2D eigenvalue weighted by atomic mass is 10.2. The van der Waals surface area contributed by atoms with Crippen molar-refractivity contribution in [1.82, 2.24) is 19.9 Å². The van der Waals surface area contributed by atoms with Crippen molar-refractivity contribution >= 4 is 40.4 Å². The number of nitrogens with one attached hydrogen (secondary N) is 1. The third-order valence-electron chi connectivity index (χ3n) is 5.22. The average molecular weight is 459 g/mol. The highest BCUT2D eigenvalue weighted by atomic mass is 35.5. The number of amides is 1. The van der Waals surface area contributed by atoms with Gasteiger partial charge in [-0.3, -0.25) is 0 Å². The summed E-state index contributed by atoms with van der Waals surface area (Å²) in [6, 6.07) is 5.48. The molecule has 0 aliphatic carbocycles.